The van der Waals surface area contributed by atoms with Crippen LogP contribution in [0.3, 0.4) is 0 Å². The van der Waals surface area contributed by atoms with Gasteiger partial charge in [0.25, 0.3) is 11.6 Å². The number of benzene rings is 2. The lowest BCUT2D eigenvalue weighted by atomic mass is 10.2. The topological polar surface area (TPSA) is 144 Å². The number of carboxylic acid groups (broad SMARTS) is 1. The largest absolute Gasteiger partial charge is 0.482 e. The first-order valence-electron chi connectivity index (χ1n) is 9.95. The van der Waals surface area contributed by atoms with Gasteiger partial charge in [0, 0.05) is 17.2 Å². The van der Waals surface area contributed by atoms with Gasteiger partial charge in [-0.3, -0.25) is 24.8 Å². The summed E-state index contributed by atoms with van der Waals surface area (Å²) in [6.45, 7) is -0.223. The molecule has 1 aromatic heterocycles. The first kappa shape index (κ1) is 26.2. The number of hydrogen-bond donors (Lipinski definition) is 2. The van der Waals surface area contributed by atoms with Gasteiger partial charge in [-0.15, -0.1) is 11.8 Å². The summed E-state index contributed by atoms with van der Waals surface area (Å²) in [4.78, 5) is 35.2. The standard InChI is InChI=1S/C20H14Cl3N5O6S2/c21-10-5-12(22)17(13(23)6-10)34-8-15-24-25-20(35)26(15)27-18(31)14(7-16(29)30)36-19(27)9-1-3-11(4-2-9)28(32)33/h1-6,14,19H,7-8H2,(H,25,35)(H,29,30). The molecule has 1 amide bonds. The molecule has 1 fully saturated rings. The highest BCUT2D eigenvalue weighted by Crippen LogP contribution is 2.44. The number of nitro groups is 1. The van der Waals surface area contributed by atoms with Crippen LogP contribution in [-0.2, 0) is 16.2 Å². The Hall–Kier alpha value is -2.84. The van der Waals surface area contributed by atoms with Crippen molar-refractivity contribution in [1.29, 1.82) is 0 Å². The molecule has 2 aromatic carbocycles. The van der Waals surface area contributed by atoms with E-state index in [1.54, 1.807) is 0 Å². The minimum Gasteiger partial charge on any atom is -0.482 e. The first-order valence-corrected chi connectivity index (χ1v) is 12.4. The number of hydrogen-bond acceptors (Lipinski definition) is 8. The highest BCUT2D eigenvalue weighted by atomic mass is 35.5. The molecule has 0 bridgehead atoms. The Balaban J connectivity index is 1.71. The number of halogens is 3. The summed E-state index contributed by atoms with van der Waals surface area (Å²) in [5.74, 6) is -1.39. The lowest BCUT2D eigenvalue weighted by Crippen LogP contribution is -2.42. The van der Waals surface area contributed by atoms with E-state index in [9.17, 15) is 24.8 Å². The monoisotopic (exact) mass is 589 g/mol. The van der Waals surface area contributed by atoms with Gasteiger partial charge in [0.15, 0.2) is 11.6 Å². The lowest BCUT2D eigenvalue weighted by molar-refractivity contribution is -0.384. The molecule has 2 atom stereocenters. The Morgan fingerprint density at radius 2 is 1.89 bits per heavy atom. The van der Waals surface area contributed by atoms with Gasteiger partial charge in [-0.2, -0.15) is 5.10 Å². The predicted molar refractivity (Wildman–Crippen MR) is 136 cm³/mol. The van der Waals surface area contributed by atoms with E-state index in [0.29, 0.717) is 10.6 Å². The van der Waals surface area contributed by atoms with E-state index in [1.165, 1.54) is 46.1 Å². The minimum atomic E-state index is -1.16. The molecule has 1 aliphatic heterocycles. The zero-order valence-electron chi connectivity index (χ0n) is 17.8. The number of aliphatic carboxylic acids is 1. The maximum Gasteiger partial charge on any atom is 0.305 e. The van der Waals surface area contributed by atoms with Gasteiger partial charge >= 0.3 is 5.97 Å². The molecule has 188 valence electrons. The number of rotatable bonds is 8. The van der Waals surface area contributed by atoms with Gasteiger partial charge in [-0.1, -0.05) is 34.8 Å². The van der Waals surface area contributed by atoms with Crippen LogP contribution in [0.15, 0.2) is 36.4 Å². The number of nitrogens with one attached hydrogen (secondary N) is 1. The second kappa shape index (κ2) is 10.6. The van der Waals surface area contributed by atoms with Crippen molar-refractivity contribution in [3.05, 3.63) is 77.7 Å². The number of carbonyl (C=O) groups excluding carboxylic acids is 1. The molecule has 1 aliphatic rings. The number of H-pyrrole nitrogens is 1. The van der Waals surface area contributed by atoms with Crippen molar-refractivity contribution in [2.24, 2.45) is 0 Å². The zero-order valence-corrected chi connectivity index (χ0v) is 21.7. The van der Waals surface area contributed by atoms with Gasteiger partial charge in [0.1, 0.15) is 12.0 Å². The highest BCUT2D eigenvalue weighted by molar-refractivity contribution is 8.01. The number of carbonyl (C=O) groups is 2. The highest BCUT2D eigenvalue weighted by Gasteiger charge is 2.44. The van der Waals surface area contributed by atoms with Gasteiger partial charge in [0.2, 0.25) is 4.77 Å². The summed E-state index contributed by atoms with van der Waals surface area (Å²) in [6.07, 6.45) is -0.434. The summed E-state index contributed by atoms with van der Waals surface area (Å²) in [5.41, 5.74) is 0.387. The molecule has 0 saturated carbocycles. The number of thioether (sulfide) groups is 1. The second-order valence-electron chi connectivity index (χ2n) is 7.35. The SMILES string of the molecule is O=C(O)CC1SC(c2ccc([N+](=O)[O-])cc2)N(n2c(COc3c(Cl)cc(Cl)cc3Cl)n[nH]c2=S)C1=O. The van der Waals surface area contributed by atoms with Crippen LogP contribution >= 0.6 is 58.8 Å². The van der Waals surface area contributed by atoms with Crippen LogP contribution in [0.25, 0.3) is 0 Å². The van der Waals surface area contributed by atoms with Crippen LogP contribution < -0.4 is 9.75 Å². The third-order valence-corrected chi connectivity index (χ3v) is 7.48. The van der Waals surface area contributed by atoms with Crippen molar-refractivity contribution >= 4 is 76.3 Å². The molecule has 0 spiro atoms. The number of carboxylic acids is 1. The van der Waals surface area contributed by atoms with E-state index in [0.717, 1.165) is 11.8 Å². The summed E-state index contributed by atoms with van der Waals surface area (Å²) in [6, 6.07) is 8.48. The fraction of sp³-hybridized carbons (Fsp3) is 0.200. The smallest absolute Gasteiger partial charge is 0.305 e. The van der Waals surface area contributed by atoms with Gasteiger partial charge in [-0.05, 0) is 42.0 Å². The second-order valence-corrected chi connectivity index (χ2v) is 10.3. The van der Waals surface area contributed by atoms with E-state index in [2.05, 4.69) is 10.2 Å². The fourth-order valence-corrected chi connectivity index (χ4v) is 6.02. The fourth-order valence-electron chi connectivity index (χ4n) is 3.46. The summed E-state index contributed by atoms with van der Waals surface area (Å²) in [5, 5.41) is 27.3. The van der Waals surface area contributed by atoms with Gasteiger partial charge in [-0.25, -0.2) is 9.69 Å². The van der Waals surface area contributed by atoms with Gasteiger partial charge in [0.05, 0.1) is 26.6 Å². The molecule has 0 radical (unpaired) electrons. The van der Waals surface area contributed by atoms with Crippen molar-refractivity contribution in [2.45, 2.75) is 23.7 Å². The van der Waals surface area contributed by atoms with E-state index >= 15 is 0 Å². The molecular weight excluding hydrogens is 577 g/mol. The van der Waals surface area contributed by atoms with E-state index in [1.807, 2.05) is 0 Å². The van der Waals surface area contributed by atoms with E-state index in [-0.39, 0.29) is 38.7 Å². The third kappa shape index (κ3) is 5.30. The van der Waals surface area contributed by atoms with Crippen LogP contribution in [0.2, 0.25) is 15.1 Å². The first-order chi connectivity index (χ1) is 17.1. The lowest BCUT2D eigenvalue weighted by Gasteiger charge is -2.25. The molecule has 11 nitrogen and oxygen atoms in total. The number of ether oxygens (including phenoxy) is 1. The molecule has 36 heavy (non-hydrogen) atoms. The van der Waals surface area contributed by atoms with Crippen LogP contribution in [0.5, 0.6) is 5.75 Å². The average molecular weight is 591 g/mol. The molecule has 2 unspecified atom stereocenters. The van der Waals surface area contributed by atoms with Crippen molar-refractivity contribution in [2.75, 3.05) is 5.01 Å². The Bertz CT molecular complexity index is 1390. The van der Waals surface area contributed by atoms with Crippen molar-refractivity contribution in [3.8, 4) is 5.75 Å². The Morgan fingerprint density at radius 1 is 1.25 bits per heavy atom. The molecule has 1 saturated heterocycles. The number of aromatic nitrogens is 3. The maximum absolute atomic E-state index is 13.3. The molecule has 0 aliphatic carbocycles. The summed E-state index contributed by atoms with van der Waals surface area (Å²) in [7, 11) is 0. The third-order valence-electron chi connectivity index (χ3n) is 5.01. The van der Waals surface area contributed by atoms with E-state index < -0.39 is 33.8 Å². The van der Waals surface area contributed by atoms with Crippen molar-refractivity contribution in [3.63, 3.8) is 0 Å². The molecule has 16 heteroatoms. The van der Waals surface area contributed by atoms with Crippen molar-refractivity contribution in [1.82, 2.24) is 14.9 Å². The quantitative estimate of drug-likeness (QED) is 0.207. The van der Waals surface area contributed by atoms with Crippen LogP contribution in [0.1, 0.15) is 23.2 Å². The molecule has 3 aromatic rings. The van der Waals surface area contributed by atoms with Crippen LogP contribution in [-0.4, -0.2) is 42.0 Å². The average Bonchev–Trinajstić information content (AvgIpc) is 3.31. The number of amides is 1. The predicted octanol–water partition coefficient (Wildman–Crippen LogP) is 5.14. The van der Waals surface area contributed by atoms with Crippen molar-refractivity contribution < 1.29 is 24.4 Å². The number of nitro benzene ring substituents is 1. The molecule has 2 heterocycles. The normalized spacial score (nSPS) is 17.4. The molecule has 2 N–H and O–H groups in total. The molecular formula is C20H14Cl3N5O6S2. The maximum atomic E-state index is 13.3. The number of nitrogens with zero attached hydrogens (tertiary/aromatic N) is 4. The zero-order chi connectivity index (χ0) is 26.1. The van der Waals surface area contributed by atoms with E-state index in [4.69, 9.17) is 51.8 Å². The number of non-ortho nitro benzene ring substituents is 1. The minimum absolute atomic E-state index is 0.0405. The Kier molecular flexibility index (Phi) is 7.76. The summed E-state index contributed by atoms with van der Waals surface area (Å²) < 4.78 is 7.09. The van der Waals surface area contributed by atoms with Crippen LogP contribution in [0, 0.1) is 14.9 Å². The Labute approximate surface area is 227 Å². The Morgan fingerprint density at radius 3 is 2.47 bits per heavy atom. The van der Waals surface area contributed by atoms with Crippen LogP contribution in [0.4, 0.5) is 5.69 Å². The molecule has 4 rings (SSSR count). The summed E-state index contributed by atoms with van der Waals surface area (Å²) >= 11 is 24.7. The van der Waals surface area contributed by atoms with Gasteiger partial charge < -0.3 is 9.84 Å². The number of aromatic amines is 1.